The summed E-state index contributed by atoms with van der Waals surface area (Å²) in [5.74, 6) is 0. The van der Waals surface area contributed by atoms with Crippen molar-refractivity contribution >= 4 is 6.71 Å². The SMILES string of the molecule is C=CC(C)(C)C(C)(C)CCC.CC/C=C\C(=C/NC)B(C)C. The quantitative estimate of drug-likeness (QED) is 0.312. The molecule has 0 amide bonds. The van der Waals surface area contributed by atoms with Gasteiger partial charge in [-0.2, -0.15) is 0 Å². The second kappa shape index (κ2) is 11.6. The van der Waals surface area contributed by atoms with Gasteiger partial charge in [0, 0.05) is 7.05 Å². The molecule has 128 valence electrons. The highest BCUT2D eigenvalue weighted by Crippen LogP contribution is 2.42. The van der Waals surface area contributed by atoms with Crippen LogP contribution < -0.4 is 5.32 Å². The molecule has 0 aliphatic heterocycles. The maximum atomic E-state index is 3.88. The average Bonchev–Trinajstić information content (AvgIpc) is 2.43. The van der Waals surface area contributed by atoms with E-state index in [0.717, 1.165) is 6.42 Å². The highest BCUT2D eigenvalue weighted by Gasteiger charge is 2.32. The van der Waals surface area contributed by atoms with E-state index in [1.54, 1.807) is 0 Å². The highest BCUT2D eigenvalue weighted by molar-refractivity contribution is 6.64. The Kier molecular flexibility index (Phi) is 12.3. The summed E-state index contributed by atoms with van der Waals surface area (Å²) in [7, 11) is 1.93. The average molecular weight is 305 g/mol. The van der Waals surface area contributed by atoms with E-state index in [4.69, 9.17) is 0 Å². The van der Waals surface area contributed by atoms with Gasteiger partial charge < -0.3 is 5.32 Å². The fourth-order valence-corrected chi connectivity index (χ4v) is 2.05. The first kappa shape index (κ1) is 23.4. The van der Waals surface area contributed by atoms with Crippen LogP contribution in [0.15, 0.2) is 36.5 Å². The lowest BCUT2D eigenvalue weighted by Crippen LogP contribution is -2.30. The third-order valence-corrected chi connectivity index (χ3v) is 4.65. The van der Waals surface area contributed by atoms with Crippen LogP contribution in [0.5, 0.6) is 0 Å². The van der Waals surface area contributed by atoms with Gasteiger partial charge in [-0.05, 0) is 29.9 Å². The van der Waals surface area contributed by atoms with E-state index in [9.17, 15) is 0 Å². The first-order chi connectivity index (χ1) is 10.1. The first-order valence-electron chi connectivity index (χ1n) is 8.77. The topological polar surface area (TPSA) is 12.0 Å². The molecule has 0 aromatic heterocycles. The normalized spacial score (nSPS) is 12.7. The molecule has 1 N–H and O–H groups in total. The Morgan fingerprint density at radius 2 is 1.68 bits per heavy atom. The van der Waals surface area contributed by atoms with Crippen molar-refractivity contribution in [2.45, 2.75) is 74.5 Å². The Morgan fingerprint density at radius 3 is 2.00 bits per heavy atom. The van der Waals surface area contributed by atoms with Crippen molar-refractivity contribution < 1.29 is 0 Å². The van der Waals surface area contributed by atoms with Crippen LogP contribution in [0.3, 0.4) is 0 Å². The van der Waals surface area contributed by atoms with E-state index < -0.39 is 0 Å². The second-order valence-electron chi connectivity index (χ2n) is 7.46. The van der Waals surface area contributed by atoms with Crippen LogP contribution in [0.25, 0.3) is 0 Å². The lowest BCUT2D eigenvalue weighted by atomic mass is 9.49. The van der Waals surface area contributed by atoms with E-state index in [1.807, 2.05) is 7.05 Å². The molecule has 0 fully saturated rings. The summed E-state index contributed by atoms with van der Waals surface area (Å²) >= 11 is 0. The molecule has 0 saturated carbocycles. The maximum Gasteiger partial charge on any atom is 0.171 e. The zero-order chi connectivity index (χ0) is 17.8. The Hall–Kier alpha value is -0.915. The molecule has 1 nitrogen and oxygen atoms in total. The van der Waals surface area contributed by atoms with Crippen molar-refractivity contribution in [1.82, 2.24) is 5.32 Å². The number of rotatable bonds is 8. The molecule has 0 unspecified atom stereocenters. The van der Waals surface area contributed by atoms with Crippen LogP contribution in [-0.2, 0) is 0 Å². The summed E-state index contributed by atoms with van der Waals surface area (Å²) < 4.78 is 0. The summed E-state index contributed by atoms with van der Waals surface area (Å²) in [4.78, 5) is 0. The van der Waals surface area contributed by atoms with Crippen molar-refractivity contribution in [1.29, 1.82) is 0 Å². The van der Waals surface area contributed by atoms with Crippen LogP contribution in [0.4, 0.5) is 0 Å². The molecule has 0 aromatic rings. The zero-order valence-electron chi connectivity index (χ0n) is 16.7. The molecular formula is C20H40BN. The van der Waals surface area contributed by atoms with Crippen molar-refractivity contribution in [3.63, 3.8) is 0 Å². The number of allylic oxidation sites excluding steroid dienone is 4. The second-order valence-corrected chi connectivity index (χ2v) is 7.46. The van der Waals surface area contributed by atoms with Crippen LogP contribution in [-0.4, -0.2) is 13.8 Å². The molecule has 0 radical (unpaired) electrons. The van der Waals surface area contributed by atoms with Gasteiger partial charge in [0.15, 0.2) is 6.71 Å². The van der Waals surface area contributed by atoms with Gasteiger partial charge in [0.1, 0.15) is 0 Å². The van der Waals surface area contributed by atoms with Crippen molar-refractivity contribution in [2.24, 2.45) is 10.8 Å². The lowest BCUT2D eigenvalue weighted by molar-refractivity contribution is 0.150. The molecule has 0 aliphatic carbocycles. The summed E-state index contributed by atoms with van der Waals surface area (Å²) in [5, 5.41) is 3.04. The third-order valence-electron chi connectivity index (χ3n) is 4.65. The summed E-state index contributed by atoms with van der Waals surface area (Å²) in [6, 6.07) is 0. The molecule has 22 heavy (non-hydrogen) atoms. The van der Waals surface area contributed by atoms with Gasteiger partial charge in [-0.25, -0.2) is 0 Å². The predicted octanol–water partition coefficient (Wildman–Crippen LogP) is 6.37. The van der Waals surface area contributed by atoms with Gasteiger partial charge >= 0.3 is 0 Å². The van der Waals surface area contributed by atoms with Crippen molar-refractivity contribution in [3.05, 3.63) is 36.5 Å². The van der Waals surface area contributed by atoms with Gasteiger partial charge in [-0.1, -0.05) is 85.3 Å². The standard InChI is InChI=1S/C11H22.C9H18BN/c1-7-9-11(5,6)10(3,4)8-2;1-5-6-7-9(8-11-4)10(2)3/h8H,2,7,9H2,1,3-6H3;6-8,11H,5H2,1-4H3/b;7-6-,9-8+. The van der Waals surface area contributed by atoms with Gasteiger partial charge in [-0.15, -0.1) is 6.58 Å². The number of nitrogens with one attached hydrogen (secondary N) is 1. The first-order valence-corrected chi connectivity index (χ1v) is 8.77. The monoisotopic (exact) mass is 305 g/mol. The molecule has 0 aliphatic rings. The molecule has 0 atom stereocenters. The Bertz CT molecular complexity index is 349. The molecule has 0 saturated heterocycles. The predicted molar refractivity (Wildman–Crippen MR) is 107 cm³/mol. The number of hydrogen-bond acceptors (Lipinski definition) is 1. The minimum absolute atomic E-state index is 0.253. The Morgan fingerprint density at radius 1 is 1.14 bits per heavy atom. The molecule has 0 rings (SSSR count). The summed E-state index contributed by atoms with van der Waals surface area (Å²) in [5.41, 5.74) is 1.99. The molecule has 2 heteroatoms. The Labute approximate surface area is 141 Å². The van der Waals surface area contributed by atoms with E-state index >= 15 is 0 Å². The molecule has 0 spiro atoms. The largest absolute Gasteiger partial charge is 0.394 e. The summed E-state index contributed by atoms with van der Waals surface area (Å²) in [6.45, 7) is 22.4. The molecule has 0 heterocycles. The maximum absolute atomic E-state index is 3.88. The van der Waals surface area contributed by atoms with E-state index in [0.29, 0.717) is 12.1 Å². The number of hydrogen-bond donors (Lipinski definition) is 1. The van der Waals surface area contributed by atoms with Crippen LogP contribution >= 0.6 is 0 Å². The smallest absolute Gasteiger partial charge is 0.171 e. The van der Waals surface area contributed by atoms with Gasteiger partial charge in [0.25, 0.3) is 0 Å². The van der Waals surface area contributed by atoms with Gasteiger partial charge in [0.2, 0.25) is 0 Å². The lowest BCUT2D eigenvalue weighted by Gasteiger charge is -2.39. The molecule has 0 aromatic carbocycles. The third kappa shape index (κ3) is 9.17. The van der Waals surface area contributed by atoms with Crippen molar-refractivity contribution in [3.8, 4) is 0 Å². The van der Waals surface area contributed by atoms with E-state index in [1.165, 1.54) is 18.3 Å². The van der Waals surface area contributed by atoms with Gasteiger partial charge in [-0.3, -0.25) is 0 Å². The minimum Gasteiger partial charge on any atom is -0.394 e. The zero-order valence-corrected chi connectivity index (χ0v) is 16.7. The summed E-state index contributed by atoms with van der Waals surface area (Å²) in [6.07, 6.45) is 12.1. The van der Waals surface area contributed by atoms with Gasteiger partial charge in [0.05, 0.1) is 0 Å². The van der Waals surface area contributed by atoms with Crippen LogP contribution in [0, 0.1) is 10.8 Å². The fourth-order valence-electron chi connectivity index (χ4n) is 2.05. The Balaban J connectivity index is 0. The molecule has 0 bridgehead atoms. The van der Waals surface area contributed by atoms with E-state index in [-0.39, 0.29) is 5.41 Å². The van der Waals surface area contributed by atoms with Crippen LogP contribution in [0.1, 0.15) is 60.8 Å². The fraction of sp³-hybridized carbons (Fsp3) is 0.700. The van der Waals surface area contributed by atoms with Crippen molar-refractivity contribution in [2.75, 3.05) is 7.05 Å². The van der Waals surface area contributed by atoms with E-state index in [2.05, 4.69) is 91.5 Å². The molecular weight excluding hydrogens is 265 g/mol. The minimum atomic E-state index is 0.253. The van der Waals surface area contributed by atoms with Crippen LogP contribution in [0.2, 0.25) is 13.6 Å². The highest BCUT2D eigenvalue weighted by atomic mass is 14.8.